The molecule has 1 saturated heterocycles. The topological polar surface area (TPSA) is 73.2 Å². The summed E-state index contributed by atoms with van der Waals surface area (Å²) in [6.07, 6.45) is 4.30. The molecule has 0 bridgehead atoms. The van der Waals surface area contributed by atoms with Gasteiger partial charge in [0.05, 0.1) is 33.2 Å². The van der Waals surface area contributed by atoms with Gasteiger partial charge >= 0.3 is 0 Å². The number of hydrogen-bond acceptors (Lipinski definition) is 6. The molecule has 1 fully saturated rings. The van der Waals surface area contributed by atoms with Crippen LogP contribution in [0, 0.1) is 0 Å². The Morgan fingerprint density at radius 1 is 1.17 bits per heavy atom. The normalized spacial score (nSPS) is 14.8. The fourth-order valence-corrected chi connectivity index (χ4v) is 4.32. The maximum Gasteiger partial charge on any atom is 0.244 e. The number of carbonyl (C=O) groups excluding carboxylic acids is 1. The van der Waals surface area contributed by atoms with Crippen LogP contribution >= 0.6 is 0 Å². The molecule has 1 aliphatic rings. The van der Waals surface area contributed by atoms with E-state index in [1.807, 2.05) is 50.2 Å². The van der Waals surface area contributed by atoms with Gasteiger partial charge in [-0.25, -0.2) is 0 Å². The minimum Gasteiger partial charge on any atom is -0.496 e. The van der Waals surface area contributed by atoms with Crippen LogP contribution < -0.4 is 14.8 Å². The van der Waals surface area contributed by atoms with Crippen molar-refractivity contribution >= 4 is 22.4 Å². The summed E-state index contributed by atoms with van der Waals surface area (Å²) in [5.74, 6) is 1.39. The SMILES string of the molecule is CCOc1ccc(-c2coc3cc(OC)c(/C(C)=C/C(=O)NCCCN4CCOCC4)cc23)cc1. The van der Waals surface area contributed by atoms with Crippen molar-refractivity contribution in [1.29, 1.82) is 0 Å². The third kappa shape index (κ3) is 6.24. The van der Waals surface area contributed by atoms with Crippen LogP contribution in [-0.4, -0.2) is 63.9 Å². The molecule has 35 heavy (non-hydrogen) atoms. The van der Waals surface area contributed by atoms with E-state index in [1.165, 1.54) is 0 Å². The van der Waals surface area contributed by atoms with Gasteiger partial charge in [-0.1, -0.05) is 12.1 Å². The second kappa shape index (κ2) is 11.9. The maximum absolute atomic E-state index is 12.6. The number of rotatable bonds is 10. The number of fused-ring (bicyclic) bond motifs is 1. The van der Waals surface area contributed by atoms with Crippen LogP contribution in [0.25, 0.3) is 27.7 Å². The molecule has 186 valence electrons. The summed E-state index contributed by atoms with van der Waals surface area (Å²) in [5.41, 5.74) is 4.43. The molecule has 0 atom stereocenters. The van der Waals surface area contributed by atoms with Crippen LogP contribution in [0.2, 0.25) is 0 Å². The van der Waals surface area contributed by atoms with Crippen LogP contribution in [0.5, 0.6) is 11.5 Å². The fourth-order valence-electron chi connectivity index (χ4n) is 4.32. The summed E-state index contributed by atoms with van der Waals surface area (Å²) in [6, 6.07) is 11.9. The molecular formula is C28H34N2O5. The van der Waals surface area contributed by atoms with Crippen LogP contribution in [0.3, 0.4) is 0 Å². The highest BCUT2D eigenvalue weighted by atomic mass is 16.5. The number of amides is 1. The molecule has 4 rings (SSSR count). The summed E-state index contributed by atoms with van der Waals surface area (Å²) < 4.78 is 22.4. The molecule has 7 nitrogen and oxygen atoms in total. The Balaban J connectivity index is 1.48. The minimum absolute atomic E-state index is 0.106. The van der Waals surface area contributed by atoms with Crippen molar-refractivity contribution in [1.82, 2.24) is 10.2 Å². The minimum atomic E-state index is -0.106. The van der Waals surface area contributed by atoms with Crippen LogP contribution in [-0.2, 0) is 9.53 Å². The smallest absolute Gasteiger partial charge is 0.244 e. The highest BCUT2D eigenvalue weighted by Crippen LogP contribution is 2.37. The van der Waals surface area contributed by atoms with Gasteiger partial charge in [-0.2, -0.15) is 0 Å². The van der Waals surface area contributed by atoms with E-state index in [-0.39, 0.29) is 5.91 Å². The first-order valence-corrected chi connectivity index (χ1v) is 12.2. The lowest BCUT2D eigenvalue weighted by atomic mass is 9.99. The van der Waals surface area contributed by atoms with Gasteiger partial charge in [-0.15, -0.1) is 0 Å². The van der Waals surface area contributed by atoms with E-state index in [4.69, 9.17) is 18.6 Å². The molecule has 0 radical (unpaired) electrons. The Labute approximate surface area is 206 Å². The molecule has 2 aromatic carbocycles. The van der Waals surface area contributed by atoms with Crippen LogP contribution in [0.4, 0.5) is 0 Å². The predicted octanol–water partition coefficient (Wildman–Crippen LogP) is 4.75. The molecule has 3 aromatic rings. The summed E-state index contributed by atoms with van der Waals surface area (Å²) in [5, 5.41) is 3.96. The average molecular weight is 479 g/mol. The number of hydrogen-bond donors (Lipinski definition) is 1. The van der Waals surface area contributed by atoms with Crippen molar-refractivity contribution < 1.29 is 23.4 Å². The van der Waals surface area contributed by atoms with E-state index >= 15 is 0 Å². The number of nitrogens with one attached hydrogen (secondary N) is 1. The first kappa shape index (κ1) is 24.8. The van der Waals surface area contributed by atoms with Gasteiger partial charge in [0, 0.05) is 48.3 Å². The molecule has 0 aliphatic carbocycles. The molecule has 1 amide bonds. The molecular weight excluding hydrogens is 444 g/mol. The van der Waals surface area contributed by atoms with Gasteiger partial charge in [0.2, 0.25) is 5.91 Å². The van der Waals surface area contributed by atoms with Gasteiger partial charge in [0.15, 0.2) is 0 Å². The summed E-state index contributed by atoms with van der Waals surface area (Å²) in [6.45, 7) is 9.62. The number of methoxy groups -OCH3 is 1. The lowest BCUT2D eigenvalue weighted by Gasteiger charge is -2.26. The zero-order valence-corrected chi connectivity index (χ0v) is 20.8. The van der Waals surface area contributed by atoms with Gasteiger partial charge < -0.3 is 23.9 Å². The van der Waals surface area contributed by atoms with Crippen molar-refractivity contribution in [2.75, 3.05) is 53.1 Å². The third-order valence-corrected chi connectivity index (χ3v) is 6.20. The second-order valence-electron chi connectivity index (χ2n) is 8.58. The Hall–Kier alpha value is -3.29. The number of benzene rings is 2. The largest absolute Gasteiger partial charge is 0.496 e. The van der Waals surface area contributed by atoms with Gasteiger partial charge in [0.25, 0.3) is 0 Å². The van der Waals surface area contributed by atoms with Crippen molar-refractivity contribution in [3.63, 3.8) is 0 Å². The van der Waals surface area contributed by atoms with E-state index in [0.29, 0.717) is 18.9 Å². The number of carbonyl (C=O) groups is 1. The van der Waals surface area contributed by atoms with Crippen molar-refractivity contribution in [3.8, 4) is 22.6 Å². The van der Waals surface area contributed by atoms with Crippen molar-refractivity contribution in [2.24, 2.45) is 0 Å². The highest BCUT2D eigenvalue weighted by Gasteiger charge is 2.15. The summed E-state index contributed by atoms with van der Waals surface area (Å²) in [7, 11) is 1.62. The molecule has 1 aliphatic heterocycles. The quantitative estimate of drug-likeness (QED) is 0.335. The highest BCUT2D eigenvalue weighted by molar-refractivity contribution is 6.00. The van der Waals surface area contributed by atoms with E-state index in [0.717, 1.165) is 78.3 Å². The number of ether oxygens (including phenoxy) is 3. The lowest BCUT2D eigenvalue weighted by molar-refractivity contribution is -0.116. The second-order valence-corrected chi connectivity index (χ2v) is 8.58. The van der Waals surface area contributed by atoms with Gasteiger partial charge in [0.1, 0.15) is 17.1 Å². The number of nitrogens with zero attached hydrogens (tertiary/aromatic N) is 1. The van der Waals surface area contributed by atoms with E-state index in [1.54, 1.807) is 19.4 Å². The Kier molecular flexibility index (Phi) is 8.45. The van der Waals surface area contributed by atoms with Crippen molar-refractivity contribution in [3.05, 3.63) is 54.3 Å². The summed E-state index contributed by atoms with van der Waals surface area (Å²) in [4.78, 5) is 14.9. The Morgan fingerprint density at radius 3 is 2.66 bits per heavy atom. The third-order valence-electron chi connectivity index (χ3n) is 6.20. The monoisotopic (exact) mass is 478 g/mol. The number of furan rings is 1. The van der Waals surface area contributed by atoms with Gasteiger partial charge in [-0.05, 0) is 56.1 Å². The zero-order chi connectivity index (χ0) is 24.6. The standard InChI is InChI=1S/C28H34N2O5/c1-4-34-22-8-6-21(7-9-22)25-19-35-27-18-26(32-3)23(17-24(25)27)20(2)16-28(31)29-10-5-11-30-12-14-33-15-13-30/h6-9,16-19H,4-5,10-15H2,1-3H3,(H,29,31)/b20-16+. The average Bonchev–Trinajstić information content (AvgIpc) is 3.30. The Bertz CT molecular complexity index is 1160. The molecule has 0 saturated carbocycles. The molecule has 1 N–H and O–H groups in total. The summed E-state index contributed by atoms with van der Waals surface area (Å²) >= 11 is 0. The first-order chi connectivity index (χ1) is 17.1. The first-order valence-electron chi connectivity index (χ1n) is 12.2. The lowest BCUT2D eigenvalue weighted by Crippen LogP contribution is -2.38. The van der Waals surface area contributed by atoms with E-state index < -0.39 is 0 Å². The zero-order valence-electron chi connectivity index (χ0n) is 20.8. The maximum atomic E-state index is 12.6. The van der Waals surface area contributed by atoms with Crippen molar-refractivity contribution in [2.45, 2.75) is 20.3 Å². The Morgan fingerprint density at radius 2 is 1.94 bits per heavy atom. The number of allylic oxidation sites excluding steroid dienone is 1. The van der Waals surface area contributed by atoms with E-state index in [9.17, 15) is 4.79 Å². The van der Waals surface area contributed by atoms with Crippen LogP contribution in [0.15, 0.2) is 53.2 Å². The predicted molar refractivity (Wildman–Crippen MR) is 138 cm³/mol. The molecule has 7 heteroatoms. The molecule has 0 unspecified atom stereocenters. The van der Waals surface area contributed by atoms with Crippen LogP contribution in [0.1, 0.15) is 25.8 Å². The number of morpholine rings is 1. The fraction of sp³-hybridized carbons (Fsp3) is 0.393. The molecule has 0 spiro atoms. The molecule has 1 aromatic heterocycles. The molecule has 2 heterocycles. The van der Waals surface area contributed by atoms with E-state index in [2.05, 4.69) is 10.2 Å². The van der Waals surface area contributed by atoms with Gasteiger partial charge in [-0.3, -0.25) is 9.69 Å².